The summed E-state index contributed by atoms with van der Waals surface area (Å²) in [5.74, 6) is -1.26. The smallest absolute Gasteiger partial charge is 0.404 e. The number of rotatable bonds is 10. The molecule has 16 heteroatoms. The number of hydrogen-bond donors (Lipinski definition) is 4. The topological polar surface area (TPSA) is 209 Å². The molecule has 2 aromatic rings. The molecule has 4 rings (SSSR count). The van der Waals surface area contributed by atoms with Gasteiger partial charge in [-0.1, -0.05) is 23.4 Å². The second-order valence-electron chi connectivity index (χ2n) is 8.21. The van der Waals surface area contributed by atoms with E-state index in [1.807, 2.05) is 0 Å². The summed E-state index contributed by atoms with van der Waals surface area (Å²) in [4.78, 5) is 55.3. The third kappa shape index (κ3) is 6.18. The maximum atomic E-state index is 13.2. The van der Waals surface area contributed by atoms with Crippen LogP contribution in [0.3, 0.4) is 0 Å². The molecule has 210 valence electrons. The van der Waals surface area contributed by atoms with Crippen molar-refractivity contribution in [2.24, 2.45) is 10.9 Å². The molecule has 0 radical (unpaired) electrons. The van der Waals surface area contributed by atoms with E-state index in [2.05, 4.69) is 15.5 Å². The first-order valence-electron chi connectivity index (χ1n) is 11.5. The highest BCUT2D eigenvalue weighted by Gasteiger charge is 2.54. The average molecular weight is 589 g/mol. The van der Waals surface area contributed by atoms with Gasteiger partial charge in [-0.05, 0) is 29.3 Å². The van der Waals surface area contributed by atoms with Crippen LogP contribution in [0.1, 0.15) is 11.3 Å². The Kier molecular flexibility index (Phi) is 8.90. The number of ether oxygens (including phenoxy) is 3. The van der Waals surface area contributed by atoms with Gasteiger partial charge in [-0.2, -0.15) is 0 Å². The lowest BCUT2D eigenvalue weighted by molar-refractivity contribution is -0.153. The first-order chi connectivity index (χ1) is 19.2. The highest BCUT2D eigenvalue weighted by molar-refractivity contribution is 8.00. The predicted molar refractivity (Wildman–Crippen MR) is 144 cm³/mol. The number of hydrogen-bond acceptors (Lipinski definition) is 13. The van der Waals surface area contributed by atoms with Crippen LogP contribution in [0.2, 0.25) is 0 Å². The Labute approximate surface area is 235 Å². The van der Waals surface area contributed by atoms with Gasteiger partial charge in [-0.15, -0.1) is 23.1 Å². The van der Waals surface area contributed by atoms with Crippen LogP contribution in [-0.2, 0) is 30.5 Å². The molecule has 2 aliphatic heterocycles. The predicted octanol–water partition coefficient (Wildman–Crippen LogP) is 0.961. The van der Waals surface area contributed by atoms with E-state index in [-0.39, 0.29) is 35.5 Å². The molecule has 0 saturated carbocycles. The number of primary amides is 1. The van der Waals surface area contributed by atoms with Crippen molar-refractivity contribution in [3.05, 3.63) is 64.3 Å². The molecule has 0 bridgehead atoms. The number of nitrogens with two attached hydrogens (primary N) is 2. The Balaban J connectivity index is 1.51. The number of esters is 1. The van der Waals surface area contributed by atoms with Crippen LogP contribution in [0, 0.1) is 0 Å². The summed E-state index contributed by atoms with van der Waals surface area (Å²) in [6.45, 7) is -0.209. The zero-order valence-corrected chi connectivity index (χ0v) is 22.6. The summed E-state index contributed by atoms with van der Waals surface area (Å²) in [6.07, 6.45) is 2.06. The number of thioether (sulfide) groups is 1. The van der Waals surface area contributed by atoms with Gasteiger partial charge in [0.2, 0.25) is 0 Å². The molecule has 1 aromatic carbocycles. The fraction of sp³-hybridized carbons (Fsp3) is 0.250. The van der Waals surface area contributed by atoms with E-state index in [1.54, 1.807) is 30.3 Å². The molecule has 40 heavy (non-hydrogen) atoms. The molecule has 1 fully saturated rings. The van der Waals surface area contributed by atoms with Crippen LogP contribution in [0.4, 0.5) is 9.93 Å². The number of anilines is 1. The Morgan fingerprint density at radius 2 is 2.02 bits per heavy atom. The van der Waals surface area contributed by atoms with Crippen molar-refractivity contribution in [3.8, 4) is 5.75 Å². The van der Waals surface area contributed by atoms with Crippen LogP contribution >= 0.6 is 23.1 Å². The van der Waals surface area contributed by atoms with Gasteiger partial charge in [-0.3, -0.25) is 14.5 Å². The number of nitrogens with zero attached hydrogens (tertiary/aromatic N) is 3. The average Bonchev–Trinajstić information content (AvgIpc) is 3.38. The molecule has 0 spiro atoms. The second-order valence-corrected chi connectivity index (χ2v) is 10.2. The number of nitrogens with one attached hydrogen (secondary N) is 1. The Bertz CT molecular complexity index is 1400. The Morgan fingerprint density at radius 1 is 1.27 bits per heavy atom. The lowest BCUT2D eigenvalue weighted by Gasteiger charge is -2.49. The lowest BCUT2D eigenvalue weighted by Crippen LogP contribution is -2.71. The molecule has 3 amide bonds. The van der Waals surface area contributed by atoms with E-state index in [4.69, 9.17) is 25.7 Å². The molecular formula is C24H24N6O8S2. The normalized spacial score (nSPS) is 18.7. The minimum Gasteiger partial charge on any atom is -0.497 e. The minimum atomic E-state index is -1.02. The maximum absolute atomic E-state index is 13.2. The van der Waals surface area contributed by atoms with Gasteiger partial charge in [-0.25, -0.2) is 14.6 Å². The SMILES string of the molecule is COc1ccc(COC(=O)C2=C(/C=C/COC(N)=O)CS[C@@H]3[C@H](NC(=O)/C(=N\O)c4csc(N)n4)C(=O)N23)cc1. The van der Waals surface area contributed by atoms with Crippen molar-refractivity contribution >= 4 is 57.8 Å². The highest BCUT2D eigenvalue weighted by atomic mass is 32.2. The summed E-state index contributed by atoms with van der Waals surface area (Å²) >= 11 is 2.34. The molecule has 0 unspecified atom stereocenters. The fourth-order valence-corrected chi connectivity index (χ4v) is 5.70. The quantitative estimate of drug-likeness (QED) is 0.101. The number of allylic oxidation sites excluding steroid dienone is 1. The van der Waals surface area contributed by atoms with Crippen LogP contribution in [0.15, 0.2) is 58.2 Å². The summed E-state index contributed by atoms with van der Waals surface area (Å²) in [5.41, 5.74) is 11.3. The molecule has 14 nitrogen and oxygen atoms in total. The summed E-state index contributed by atoms with van der Waals surface area (Å²) < 4.78 is 15.3. The Morgan fingerprint density at radius 3 is 2.65 bits per heavy atom. The summed E-state index contributed by atoms with van der Waals surface area (Å²) in [5, 5.41) is 15.9. The molecule has 6 N–H and O–H groups in total. The number of nitrogen functional groups attached to an aromatic ring is 1. The number of carbonyl (C=O) groups is 4. The third-order valence-corrected chi connectivity index (χ3v) is 7.70. The minimum absolute atomic E-state index is 0.00795. The van der Waals surface area contributed by atoms with Crippen molar-refractivity contribution in [2.45, 2.75) is 18.0 Å². The van der Waals surface area contributed by atoms with Gasteiger partial charge in [0, 0.05) is 11.1 Å². The second kappa shape index (κ2) is 12.5. The maximum Gasteiger partial charge on any atom is 0.404 e. The summed E-state index contributed by atoms with van der Waals surface area (Å²) in [6, 6.07) is 5.90. The molecule has 1 saturated heterocycles. The molecule has 0 aliphatic carbocycles. The summed E-state index contributed by atoms with van der Waals surface area (Å²) in [7, 11) is 1.54. The highest BCUT2D eigenvalue weighted by Crippen LogP contribution is 2.41. The monoisotopic (exact) mass is 588 g/mol. The van der Waals surface area contributed by atoms with E-state index in [0.717, 1.165) is 11.3 Å². The van der Waals surface area contributed by atoms with Gasteiger partial charge < -0.3 is 36.2 Å². The first-order valence-corrected chi connectivity index (χ1v) is 13.5. The third-order valence-electron chi connectivity index (χ3n) is 5.73. The van der Waals surface area contributed by atoms with E-state index < -0.39 is 41.0 Å². The van der Waals surface area contributed by atoms with Gasteiger partial charge >= 0.3 is 12.1 Å². The van der Waals surface area contributed by atoms with Gasteiger partial charge in [0.1, 0.15) is 41.8 Å². The van der Waals surface area contributed by atoms with Crippen LogP contribution < -0.4 is 21.5 Å². The van der Waals surface area contributed by atoms with E-state index in [1.165, 1.54) is 35.2 Å². The van der Waals surface area contributed by atoms with Crippen LogP contribution in [0.25, 0.3) is 0 Å². The number of fused-ring (bicyclic) bond motifs is 1. The van der Waals surface area contributed by atoms with E-state index >= 15 is 0 Å². The number of carbonyl (C=O) groups excluding carboxylic acids is 4. The molecular weight excluding hydrogens is 564 g/mol. The zero-order chi connectivity index (χ0) is 28.8. The first kappa shape index (κ1) is 28.4. The van der Waals surface area contributed by atoms with E-state index in [9.17, 15) is 24.4 Å². The number of benzene rings is 1. The van der Waals surface area contributed by atoms with Crippen molar-refractivity contribution in [1.82, 2.24) is 15.2 Å². The van der Waals surface area contributed by atoms with Crippen LogP contribution in [-0.4, -0.2) is 75.6 Å². The fourth-order valence-electron chi connectivity index (χ4n) is 3.84. The number of β-lactam (4-membered cyclic amide) rings is 1. The number of thiazole rings is 1. The van der Waals surface area contributed by atoms with Gasteiger partial charge in [0.05, 0.1) is 7.11 Å². The number of oxime groups is 1. The Hall–Kier alpha value is -4.57. The van der Waals surface area contributed by atoms with Gasteiger partial charge in [0.25, 0.3) is 11.8 Å². The number of amides is 3. The molecule has 2 atom stereocenters. The number of aromatic nitrogens is 1. The van der Waals surface area contributed by atoms with Crippen molar-refractivity contribution in [2.75, 3.05) is 25.2 Å². The zero-order valence-electron chi connectivity index (χ0n) is 20.9. The molecule has 1 aromatic heterocycles. The van der Waals surface area contributed by atoms with Crippen molar-refractivity contribution < 1.29 is 38.6 Å². The van der Waals surface area contributed by atoms with Crippen molar-refractivity contribution in [1.29, 1.82) is 0 Å². The molecule has 3 heterocycles. The van der Waals surface area contributed by atoms with Crippen molar-refractivity contribution in [3.63, 3.8) is 0 Å². The largest absolute Gasteiger partial charge is 0.497 e. The lowest BCUT2D eigenvalue weighted by atomic mass is 10.0. The number of methoxy groups -OCH3 is 1. The van der Waals surface area contributed by atoms with E-state index in [0.29, 0.717) is 16.9 Å². The van der Waals surface area contributed by atoms with Crippen LogP contribution in [0.5, 0.6) is 5.75 Å². The standard InChI is InChI=1S/C24H24N6O8S2/c1-36-14-6-4-12(5-7-14)9-38-22(33)18-13(3-2-8-37-24(26)34)10-39-21-17(20(32)30(18)21)28-19(31)16(29-35)15-11-40-23(25)27-15/h2-7,11,17,21,35H,8-10H2,1H3,(H2,25,27)(H2,26,34)(H,28,31)/b3-2+,29-16-/t17-,21-/m1/s1. The van der Waals surface area contributed by atoms with Gasteiger partial charge in [0.15, 0.2) is 10.8 Å². The molecule has 2 aliphatic rings.